The third-order valence-electron chi connectivity index (χ3n) is 2.46. The molecular weight excluding hydrogens is 335 g/mol. The van der Waals surface area contributed by atoms with Gasteiger partial charge in [-0.2, -0.15) is 0 Å². The Hall–Kier alpha value is -0.770. The van der Waals surface area contributed by atoms with E-state index in [0.29, 0.717) is 10.0 Å². The Bertz CT molecular complexity index is 532. The molecule has 18 heavy (non-hydrogen) atoms. The van der Waals surface area contributed by atoms with Crippen LogP contribution in [0.5, 0.6) is 0 Å². The molecule has 0 aliphatic rings. The molecule has 0 radical (unpaired) electrons. The minimum Gasteiger partial charge on any atom is -0.383 e. The molecule has 1 aromatic carbocycles. The molecule has 1 aromatic heterocycles. The molecule has 0 saturated heterocycles. The molecule has 2 nitrogen and oxygen atoms in total. The first-order valence-corrected chi connectivity index (χ1v) is 7.00. The standard InChI is InChI=1S/C13H11BrCl2N2/c14-10-4-5-11(13(16)12(10)15)18-8-6-9-3-1-2-7-17-9/h1-5,7,18H,6,8H2. The maximum Gasteiger partial charge on any atom is 0.0835 e. The lowest BCUT2D eigenvalue weighted by Gasteiger charge is -2.10. The number of hydrogen-bond acceptors (Lipinski definition) is 2. The molecule has 0 atom stereocenters. The van der Waals surface area contributed by atoms with Gasteiger partial charge in [-0.25, -0.2) is 0 Å². The molecule has 94 valence electrons. The summed E-state index contributed by atoms with van der Waals surface area (Å²) in [5, 5.41) is 4.31. The third-order valence-corrected chi connectivity index (χ3v) is 4.23. The molecule has 0 spiro atoms. The van der Waals surface area contributed by atoms with Crippen LogP contribution >= 0.6 is 39.1 Å². The molecule has 0 unspecified atom stereocenters. The average molecular weight is 346 g/mol. The smallest absolute Gasteiger partial charge is 0.0835 e. The van der Waals surface area contributed by atoms with E-state index in [9.17, 15) is 0 Å². The molecule has 2 aromatic rings. The molecular formula is C13H11BrCl2N2. The minimum atomic E-state index is 0.527. The van der Waals surface area contributed by atoms with E-state index in [1.165, 1.54) is 0 Å². The van der Waals surface area contributed by atoms with E-state index < -0.39 is 0 Å². The Morgan fingerprint density at radius 3 is 2.67 bits per heavy atom. The second-order valence-corrected chi connectivity index (χ2v) is 5.33. The van der Waals surface area contributed by atoms with Crippen LogP contribution in [0.1, 0.15) is 5.69 Å². The van der Waals surface area contributed by atoms with Crippen LogP contribution in [-0.4, -0.2) is 11.5 Å². The summed E-state index contributed by atoms with van der Waals surface area (Å²) in [6, 6.07) is 9.65. The predicted octanol–water partition coefficient (Wildman–Crippen LogP) is 4.81. The molecule has 0 saturated carbocycles. The summed E-state index contributed by atoms with van der Waals surface area (Å²) in [6.45, 7) is 0.759. The first-order chi connectivity index (χ1) is 8.68. The highest BCUT2D eigenvalue weighted by molar-refractivity contribution is 9.10. The van der Waals surface area contributed by atoms with Gasteiger partial charge in [-0.3, -0.25) is 4.98 Å². The van der Waals surface area contributed by atoms with Gasteiger partial charge in [0.1, 0.15) is 0 Å². The third kappa shape index (κ3) is 3.37. The van der Waals surface area contributed by atoms with E-state index in [-0.39, 0.29) is 0 Å². The van der Waals surface area contributed by atoms with Gasteiger partial charge in [0.15, 0.2) is 0 Å². The van der Waals surface area contributed by atoms with Crippen LogP contribution < -0.4 is 5.32 Å². The number of anilines is 1. The number of halogens is 3. The predicted molar refractivity (Wildman–Crippen MR) is 80.6 cm³/mol. The lowest BCUT2D eigenvalue weighted by molar-refractivity contribution is 0.961. The topological polar surface area (TPSA) is 24.9 Å². The molecule has 0 aliphatic heterocycles. The van der Waals surface area contributed by atoms with E-state index in [4.69, 9.17) is 23.2 Å². The lowest BCUT2D eigenvalue weighted by Crippen LogP contribution is -2.06. The maximum absolute atomic E-state index is 6.14. The highest BCUT2D eigenvalue weighted by Crippen LogP contribution is 2.35. The molecule has 2 rings (SSSR count). The van der Waals surface area contributed by atoms with Crippen molar-refractivity contribution in [1.29, 1.82) is 0 Å². The van der Waals surface area contributed by atoms with Gasteiger partial charge in [-0.05, 0) is 40.2 Å². The summed E-state index contributed by atoms with van der Waals surface area (Å²) < 4.78 is 0.796. The number of benzene rings is 1. The van der Waals surface area contributed by atoms with Gasteiger partial charge in [0.2, 0.25) is 0 Å². The van der Waals surface area contributed by atoms with Gasteiger partial charge < -0.3 is 5.32 Å². The van der Waals surface area contributed by atoms with Crippen molar-refractivity contribution < 1.29 is 0 Å². The van der Waals surface area contributed by atoms with Crippen LogP contribution in [0.2, 0.25) is 10.0 Å². The Balaban J connectivity index is 1.97. The van der Waals surface area contributed by atoms with Crippen molar-refractivity contribution in [2.45, 2.75) is 6.42 Å². The average Bonchev–Trinajstić information content (AvgIpc) is 2.40. The first kappa shape index (κ1) is 13.7. The monoisotopic (exact) mass is 344 g/mol. The van der Waals surface area contributed by atoms with E-state index in [1.807, 2.05) is 30.3 Å². The first-order valence-electron chi connectivity index (χ1n) is 5.46. The van der Waals surface area contributed by atoms with Gasteiger partial charge in [-0.15, -0.1) is 0 Å². The van der Waals surface area contributed by atoms with Crippen molar-refractivity contribution >= 4 is 44.8 Å². The molecule has 0 fully saturated rings. The van der Waals surface area contributed by atoms with Crippen LogP contribution in [0.25, 0.3) is 0 Å². The van der Waals surface area contributed by atoms with Crippen molar-refractivity contribution in [3.63, 3.8) is 0 Å². The van der Waals surface area contributed by atoms with Gasteiger partial charge >= 0.3 is 0 Å². The fourth-order valence-electron chi connectivity index (χ4n) is 1.53. The summed E-state index contributed by atoms with van der Waals surface area (Å²) in [7, 11) is 0. The van der Waals surface area contributed by atoms with E-state index in [1.54, 1.807) is 6.20 Å². The zero-order valence-corrected chi connectivity index (χ0v) is 12.6. The summed E-state index contributed by atoms with van der Waals surface area (Å²) >= 11 is 15.5. The number of hydrogen-bond donors (Lipinski definition) is 1. The van der Waals surface area contributed by atoms with Crippen molar-refractivity contribution in [3.05, 3.63) is 56.7 Å². The van der Waals surface area contributed by atoms with Crippen molar-refractivity contribution in [3.8, 4) is 0 Å². The number of pyridine rings is 1. The van der Waals surface area contributed by atoms with Crippen LogP contribution in [0.15, 0.2) is 41.0 Å². The fraction of sp³-hybridized carbons (Fsp3) is 0.154. The van der Waals surface area contributed by atoms with Crippen LogP contribution in [0, 0.1) is 0 Å². The number of aromatic nitrogens is 1. The molecule has 1 heterocycles. The molecule has 0 amide bonds. The van der Waals surface area contributed by atoms with Crippen molar-refractivity contribution in [1.82, 2.24) is 4.98 Å². The number of nitrogens with one attached hydrogen (secondary N) is 1. The normalized spacial score (nSPS) is 10.4. The molecule has 1 N–H and O–H groups in total. The van der Waals surface area contributed by atoms with Crippen molar-refractivity contribution in [2.75, 3.05) is 11.9 Å². The van der Waals surface area contributed by atoms with E-state index in [2.05, 4.69) is 26.2 Å². The summed E-state index contributed by atoms with van der Waals surface area (Å²) in [5.74, 6) is 0. The van der Waals surface area contributed by atoms with Gasteiger partial charge in [0, 0.05) is 29.3 Å². The summed E-state index contributed by atoms with van der Waals surface area (Å²) in [4.78, 5) is 4.26. The molecule has 0 bridgehead atoms. The van der Waals surface area contributed by atoms with Crippen molar-refractivity contribution in [2.24, 2.45) is 0 Å². The highest BCUT2D eigenvalue weighted by Gasteiger charge is 2.07. The SMILES string of the molecule is Clc1c(Br)ccc(NCCc2ccccn2)c1Cl. The quantitative estimate of drug-likeness (QED) is 0.804. The van der Waals surface area contributed by atoms with Gasteiger partial charge in [0.25, 0.3) is 0 Å². The zero-order chi connectivity index (χ0) is 13.0. The molecule has 0 aliphatic carbocycles. The Morgan fingerprint density at radius 2 is 1.94 bits per heavy atom. The largest absolute Gasteiger partial charge is 0.383 e. The van der Waals surface area contributed by atoms with Gasteiger partial charge in [0.05, 0.1) is 15.7 Å². The Labute approximate surface area is 124 Å². The Kier molecular flexibility index (Phi) is 4.87. The van der Waals surface area contributed by atoms with E-state index >= 15 is 0 Å². The number of nitrogens with zero attached hydrogens (tertiary/aromatic N) is 1. The fourth-order valence-corrected chi connectivity index (χ4v) is 2.37. The maximum atomic E-state index is 6.14. The number of rotatable bonds is 4. The van der Waals surface area contributed by atoms with Crippen LogP contribution in [-0.2, 0) is 6.42 Å². The second-order valence-electron chi connectivity index (χ2n) is 3.72. The van der Waals surface area contributed by atoms with Crippen LogP contribution in [0.4, 0.5) is 5.69 Å². The summed E-state index contributed by atoms with van der Waals surface area (Å²) in [5.41, 5.74) is 1.88. The van der Waals surface area contributed by atoms with Crippen LogP contribution in [0.3, 0.4) is 0 Å². The molecule has 5 heteroatoms. The van der Waals surface area contributed by atoms with E-state index in [0.717, 1.165) is 28.8 Å². The second kappa shape index (κ2) is 6.41. The zero-order valence-electron chi connectivity index (χ0n) is 9.46. The van der Waals surface area contributed by atoms with Gasteiger partial charge in [-0.1, -0.05) is 29.3 Å². The highest BCUT2D eigenvalue weighted by atomic mass is 79.9. The Morgan fingerprint density at radius 1 is 1.11 bits per heavy atom. The lowest BCUT2D eigenvalue weighted by atomic mass is 10.2. The minimum absolute atomic E-state index is 0.527. The summed E-state index contributed by atoms with van der Waals surface area (Å²) in [6.07, 6.45) is 2.63.